The van der Waals surface area contributed by atoms with Gasteiger partial charge < -0.3 is 17.5 Å². The van der Waals surface area contributed by atoms with Crippen molar-refractivity contribution in [3.05, 3.63) is 0 Å². The fourth-order valence-electron chi connectivity index (χ4n) is 2.18. The first kappa shape index (κ1) is 14.7. The molecule has 1 fully saturated rings. The smallest absolute Gasteiger partial charge is 0.0799 e. The summed E-state index contributed by atoms with van der Waals surface area (Å²) < 4.78 is 0. The van der Waals surface area contributed by atoms with E-state index in [4.69, 9.17) is 5.26 Å². The zero-order chi connectivity index (χ0) is 11.5. The summed E-state index contributed by atoms with van der Waals surface area (Å²) >= 11 is 3.70. The van der Waals surface area contributed by atoms with Gasteiger partial charge in [-0.2, -0.15) is 0 Å². The van der Waals surface area contributed by atoms with Crippen molar-refractivity contribution in [3.8, 4) is 5.40 Å². The summed E-state index contributed by atoms with van der Waals surface area (Å²) in [7, 11) is 0. The van der Waals surface area contributed by atoms with E-state index in [9.17, 15) is 0 Å². The molecule has 1 rings (SSSR count). The van der Waals surface area contributed by atoms with Gasteiger partial charge in [-0.1, -0.05) is 32.1 Å². The molecule has 1 heterocycles. The third-order valence-electron chi connectivity index (χ3n) is 3.01. The van der Waals surface area contributed by atoms with E-state index in [1.807, 2.05) is 4.90 Å². The van der Waals surface area contributed by atoms with Crippen LogP contribution in [0, 0.1) is 16.6 Å². The number of nitrogens with one attached hydrogen (secondary N) is 1. The van der Waals surface area contributed by atoms with Gasteiger partial charge in [-0.15, -0.1) is 0 Å². The lowest BCUT2D eigenvalue weighted by atomic mass is 10.2. The van der Waals surface area contributed by atoms with Gasteiger partial charge in [0, 0.05) is 12.3 Å². The van der Waals surface area contributed by atoms with Gasteiger partial charge in [0.1, 0.15) is 0 Å². The van der Waals surface area contributed by atoms with E-state index >= 15 is 0 Å². The molecule has 0 amide bonds. The lowest BCUT2D eigenvalue weighted by Crippen LogP contribution is -3.10. The number of thiocyanates is 1. The first-order valence-electron chi connectivity index (χ1n) is 6.09. The summed E-state index contributed by atoms with van der Waals surface area (Å²) in [6.07, 6.45) is 7.17. The number of quaternary nitrogens is 1. The molecule has 1 N–H and O–H groups in total. The highest BCUT2D eigenvalue weighted by molar-refractivity contribution is 7.64. The molecule has 88 valence electrons. The summed E-state index contributed by atoms with van der Waals surface area (Å²) in [4.78, 5) is 1.86. The van der Waals surface area contributed by atoms with Crippen LogP contribution in [0.5, 0.6) is 0 Å². The minimum Gasteiger partial charge on any atom is -0.696 e. The average molecular weight is 228 g/mol. The van der Waals surface area contributed by atoms with Crippen LogP contribution >= 0.6 is 0 Å². The molecule has 0 aliphatic carbocycles. The van der Waals surface area contributed by atoms with Crippen molar-refractivity contribution in [3.63, 3.8) is 0 Å². The second-order valence-corrected chi connectivity index (χ2v) is 4.68. The molecular formula is C12H24N2S. The van der Waals surface area contributed by atoms with Crippen molar-refractivity contribution in [2.75, 3.05) is 19.6 Å². The molecule has 0 spiro atoms. The van der Waals surface area contributed by atoms with Gasteiger partial charge in [0.15, 0.2) is 0 Å². The van der Waals surface area contributed by atoms with E-state index in [0.717, 1.165) is 5.92 Å². The molecule has 15 heavy (non-hydrogen) atoms. The van der Waals surface area contributed by atoms with Crippen molar-refractivity contribution in [2.45, 2.75) is 46.0 Å². The van der Waals surface area contributed by atoms with Gasteiger partial charge >= 0.3 is 0 Å². The third-order valence-corrected chi connectivity index (χ3v) is 3.01. The fraction of sp³-hybridized carbons (Fsp3) is 0.917. The quantitative estimate of drug-likeness (QED) is 0.439. The van der Waals surface area contributed by atoms with Crippen LogP contribution in [0.25, 0.3) is 0 Å². The van der Waals surface area contributed by atoms with Gasteiger partial charge in [0.05, 0.1) is 19.6 Å². The Morgan fingerprint density at radius 2 is 2.07 bits per heavy atom. The van der Waals surface area contributed by atoms with Crippen LogP contribution in [0.3, 0.4) is 0 Å². The highest BCUT2D eigenvalue weighted by Gasteiger charge is 2.21. The summed E-state index contributed by atoms with van der Waals surface area (Å²) in [6.45, 7) is 8.98. The Labute approximate surface area is 100 Å². The zero-order valence-corrected chi connectivity index (χ0v) is 10.9. The molecule has 0 aromatic rings. The van der Waals surface area contributed by atoms with Gasteiger partial charge in [-0.25, -0.2) is 5.26 Å². The molecular weight excluding hydrogens is 204 g/mol. The Kier molecular flexibility index (Phi) is 9.97. The Morgan fingerprint density at radius 1 is 1.40 bits per heavy atom. The average Bonchev–Trinajstić information content (AvgIpc) is 2.60. The van der Waals surface area contributed by atoms with Crippen LogP contribution in [0.4, 0.5) is 0 Å². The van der Waals surface area contributed by atoms with E-state index in [1.54, 1.807) is 0 Å². The molecule has 0 radical (unpaired) electrons. The lowest BCUT2D eigenvalue weighted by Gasteiger charge is -2.11. The highest BCUT2D eigenvalue weighted by atomic mass is 32.1. The van der Waals surface area contributed by atoms with Gasteiger partial charge in [-0.3, -0.25) is 0 Å². The van der Waals surface area contributed by atoms with Crippen molar-refractivity contribution in [2.24, 2.45) is 5.92 Å². The second-order valence-electron chi connectivity index (χ2n) is 4.50. The molecule has 0 aromatic carbocycles. The van der Waals surface area contributed by atoms with Crippen molar-refractivity contribution in [1.82, 2.24) is 0 Å². The molecule has 3 heteroatoms. The van der Waals surface area contributed by atoms with Crippen LogP contribution in [-0.2, 0) is 12.6 Å². The minimum atomic E-state index is 0.992. The topological polar surface area (TPSA) is 28.2 Å². The van der Waals surface area contributed by atoms with Crippen molar-refractivity contribution >= 4 is 12.6 Å². The van der Waals surface area contributed by atoms with E-state index in [0.29, 0.717) is 0 Å². The molecule has 2 atom stereocenters. The van der Waals surface area contributed by atoms with Crippen LogP contribution in [-0.4, -0.2) is 19.6 Å². The molecule has 1 aliphatic heterocycles. The molecule has 1 aliphatic rings. The van der Waals surface area contributed by atoms with Crippen molar-refractivity contribution < 1.29 is 4.90 Å². The maximum atomic E-state index is 7.13. The zero-order valence-electron chi connectivity index (χ0n) is 10.1. The number of rotatable bonds is 5. The van der Waals surface area contributed by atoms with E-state index in [1.165, 1.54) is 57.1 Å². The van der Waals surface area contributed by atoms with Gasteiger partial charge in [0.2, 0.25) is 0 Å². The van der Waals surface area contributed by atoms with Crippen LogP contribution in [0.15, 0.2) is 0 Å². The van der Waals surface area contributed by atoms with E-state index in [2.05, 4.69) is 26.5 Å². The van der Waals surface area contributed by atoms with Crippen LogP contribution in [0.2, 0.25) is 0 Å². The first-order chi connectivity index (χ1) is 7.24. The monoisotopic (exact) mass is 228 g/mol. The largest absolute Gasteiger partial charge is 0.696 e. The van der Waals surface area contributed by atoms with Gasteiger partial charge in [0.25, 0.3) is 0 Å². The molecule has 2 nitrogen and oxygen atoms in total. The van der Waals surface area contributed by atoms with E-state index < -0.39 is 0 Å². The Hall–Kier alpha value is -0.330. The number of nitrogens with zero attached hydrogens (tertiary/aromatic N) is 1. The normalized spacial score (nSPS) is 24.1. The molecule has 2 unspecified atom stereocenters. The number of unbranched alkanes of at least 4 members (excludes halogenated alkanes) is 3. The van der Waals surface area contributed by atoms with Crippen LogP contribution < -0.4 is 4.90 Å². The standard InChI is InChI=1S/C11H23N.CHNS/c1-3-4-5-6-8-12-9-7-11(2)10-12;2-1-3/h11H,3-10H2,1-2H3;3H. The fourth-order valence-corrected chi connectivity index (χ4v) is 2.18. The Bertz CT molecular complexity index is 177. The number of likely N-dealkylation sites (tertiary alicyclic amines) is 1. The summed E-state index contributed by atoms with van der Waals surface area (Å²) in [6, 6.07) is 0. The second kappa shape index (κ2) is 10.2. The van der Waals surface area contributed by atoms with E-state index in [-0.39, 0.29) is 0 Å². The highest BCUT2D eigenvalue weighted by Crippen LogP contribution is 2.02. The summed E-state index contributed by atoms with van der Waals surface area (Å²) in [5, 5.41) is 8.47. The third kappa shape index (κ3) is 8.65. The maximum Gasteiger partial charge on any atom is 0.0799 e. The molecule has 0 bridgehead atoms. The first-order valence-corrected chi connectivity index (χ1v) is 6.50. The lowest BCUT2D eigenvalue weighted by molar-refractivity contribution is -0.889. The Morgan fingerprint density at radius 3 is 2.53 bits per heavy atom. The predicted molar refractivity (Wildman–Crippen MR) is 66.5 cm³/mol. The summed E-state index contributed by atoms with van der Waals surface area (Å²) in [5.74, 6) is 0.992. The minimum absolute atomic E-state index is 0.992. The van der Waals surface area contributed by atoms with Gasteiger partial charge in [-0.05, 0) is 12.8 Å². The number of hydrogen-bond acceptors (Lipinski definition) is 2. The van der Waals surface area contributed by atoms with Crippen molar-refractivity contribution in [1.29, 1.82) is 5.26 Å². The predicted octanol–water partition coefficient (Wildman–Crippen LogP) is 1.51. The molecule has 1 saturated heterocycles. The maximum absolute atomic E-state index is 7.13. The SMILES string of the molecule is CCCCCC[NH+]1CCC(C)C1.N#C[S-]. The van der Waals surface area contributed by atoms with Crippen LogP contribution in [0.1, 0.15) is 46.0 Å². The Balaban J connectivity index is 0.000000583. The number of hydrogen-bond donors (Lipinski definition) is 1. The molecule has 0 saturated carbocycles. The number of nitriles is 1. The summed E-state index contributed by atoms with van der Waals surface area (Å²) in [5.41, 5.74) is 0. The molecule has 0 aromatic heterocycles.